The summed E-state index contributed by atoms with van der Waals surface area (Å²) in [5.74, 6) is 0. The van der Waals surface area contributed by atoms with Crippen LogP contribution in [0.1, 0.15) is 0 Å². The van der Waals surface area contributed by atoms with Crippen LogP contribution >= 0.6 is 12.0 Å². The molecule has 0 amide bonds. The highest BCUT2D eigenvalue weighted by Crippen LogP contribution is 2.10. The highest BCUT2D eigenvalue weighted by atomic mass is 32.2. The molecule has 3 heteroatoms. The Morgan fingerprint density at radius 3 is 3.00 bits per heavy atom. The van der Waals surface area contributed by atoms with Gasteiger partial charge in [0.05, 0.1) is 17.5 Å². The summed E-state index contributed by atoms with van der Waals surface area (Å²) in [5.41, 5.74) is 0. The lowest BCUT2D eigenvalue weighted by Gasteiger charge is -1.76. The largest absolute Gasteiger partial charge is 0.320 e. The van der Waals surface area contributed by atoms with E-state index >= 15 is 0 Å². The summed E-state index contributed by atoms with van der Waals surface area (Å²) in [7, 11) is 0. The Kier molecular flexibility index (Phi) is 0.813. The van der Waals surface area contributed by atoms with Gasteiger partial charge in [0.1, 0.15) is 0 Å². The van der Waals surface area contributed by atoms with Crippen LogP contribution in [0.15, 0.2) is 5.41 Å². The molecule has 0 bridgehead atoms. The summed E-state index contributed by atoms with van der Waals surface area (Å²) >= 11 is 1.12. The normalized spacial score (nSPS) is 19.2. The molecule has 0 aromatic carbocycles. The average molecular weight is 89.1 g/mol. The molecule has 1 aliphatic rings. The van der Waals surface area contributed by atoms with Crippen LogP contribution < -0.4 is 0 Å². The third-order valence-electron chi connectivity index (χ3n) is 0.218. The number of rotatable bonds is 0. The Bertz CT molecular complexity index is 45.6. The zero-order chi connectivity index (χ0) is 3.54. The molecule has 0 aliphatic carbocycles. The molecular weight excluding hydrogens is 88.1 g/mol. The van der Waals surface area contributed by atoms with E-state index in [0.717, 1.165) is 12.0 Å². The van der Waals surface area contributed by atoms with Gasteiger partial charge in [0.15, 0.2) is 0 Å². The van der Waals surface area contributed by atoms with Gasteiger partial charge >= 0.3 is 0 Å². The van der Waals surface area contributed by atoms with Crippen molar-refractivity contribution < 1.29 is 9.22 Å². The Balaban J connectivity index is 2.32. The summed E-state index contributed by atoms with van der Waals surface area (Å²) in [6.07, 6.45) is 2.34. The monoisotopic (exact) mass is 89.0 g/mol. The molecule has 0 saturated heterocycles. The maximum Gasteiger partial charge on any atom is 0.222 e. The first-order valence-electron chi connectivity index (χ1n) is 1.06. The van der Waals surface area contributed by atoms with E-state index in [4.69, 9.17) is 0 Å². The minimum atomic E-state index is 1.12. The van der Waals surface area contributed by atoms with Gasteiger partial charge in [0.25, 0.3) is 0 Å². The lowest BCUT2D eigenvalue weighted by Crippen LogP contribution is -1.59. The van der Waals surface area contributed by atoms with Crippen LogP contribution in [0.5, 0.6) is 0 Å². The standard InChI is InChI=1S/C2HO2S/c1-2-5-4-3-1/h2H. The molecular formula is C2HO2S. The lowest BCUT2D eigenvalue weighted by atomic mass is 11.2. The van der Waals surface area contributed by atoms with Crippen molar-refractivity contribution in [3.05, 3.63) is 11.7 Å². The van der Waals surface area contributed by atoms with Crippen LogP contribution in [0.4, 0.5) is 0 Å². The lowest BCUT2D eigenvalue weighted by molar-refractivity contribution is -0.132. The van der Waals surface area contributed by atoms with E-state index in [1.165, 1.54) is 0 Å². The molecule has 0 aromatic rings. The van der Waals surface area contributed by atoms with Gasteiger partial charge in [0, 0.05) is 0 Å². The van der Waals surface area contributed by atoms with Crippen molar-refractivity contribution in [2.24, 2.45) is 0 Å². The second-order valence-electron chi connectivity index (χ2n) is 0.483. The van der Waals surface area contributed by atoms with Gasteiger partial charge in [0.2, 0.25) is 6.26 Å². The van der Waals surface area contributed by atoms with E-state index in [1.54, 1.807) is 5.41 Å². The Morgan fingerprint density at radius 2 is 2.80 bits per heavy atom. The topological polar surface area (TPSA) is 18.5 Å². The van der Waals surface area contributed by atoms with Gasteiger partial charge in [-0.3, -0.25) is 0 Å². The molecule has 0 fully saturated rings. The molecule has 0 saturated carbocycles. The van der Waals surface area contributed by atoms with E-state index in [1.807, 2.05) is 0 Å². The van der Waals surface area contributed by atoms with Crippen LogP contribution in [0.3, 0.4) is 0 Å². The Hall–Kier alpha value is -0.150. The third-order valence-corrected chi connectivity index (χ3v) is 0.557. The molecule has 0 aromatic heterocycles. The zero-order valence-electron chi connectivity index (χ0n) is 2.30. The van der Waals surface area contributed by atoms with E-state index in [0.29, 0.717) is 0 Å². The van der Waals surface area contributed by atoms with E-state index in [9.17, 15) is 0 Å². The molecule has 1 aliphatic heterocycles. The molecule has 1 rings (SSSR count). The van der Waals surface area contributed by atoms with Crippen LogP contribution in [0.2, 0.25) is 0 Å². The predicted molar refractivity (Wildman–Crippen MR) is 17.6 cm³/mol. The van der Waals surface area contributed by atoms with Crippen molar-refractivity contribution in [1.82, 2.24) is 0 Å². The van der Waals surface area contributed by atoms with Crippen LogP contribution in [0.25, 0.3) is 0 Å². The third kappa shape index (κ3) is 0.560. The smallest absolute Gasteiger partial charge is 0.222 e. The van der Waals surface area contributed by atoms with E-state index < -0.39 is 0 Å². The van der Waals surface area contributed by atoms with Crippen molar-refractivity contribution >= 4 is 12.0 Å². The summed E-state index contributed by atoms with van der Waals surface area (Å²) < 4.78 is 4.19. The molecule has 1 radical (unpaired) electrons. The first-order chi connectivity index (χ1) is 2.50. The maximum atomic E-state index is 4.19. The van der Waals surface area contributed by atoms with Gasteiger partial charge in [-0.25, -0.2) is 0 Å². The summed E-state index contributed by atoms with van der Waals surface area (Å²) in [6, 6.07) is 0. The molecule has 5 heavy (non-hydrogen) atoms. The highest BCUT2D eigenvalue weighted by molar-refractivity contribution is 7.97. The maximum absolute atomic E-state index is 4.19. The molecule has 0 spiro atoms. The number of hydrogen-bond donors (Lipinski definition) is 0. The minimum absolute atomic E-state index is 1.12. The Morgan fingerprint density at radius 1 is 1.80 bits per heavy atom. The molecule has 0 unspecified atom stereocenters. The van der Waals surface area contributed by atoms with Crippen molar-refractivity contribution in [3.63, 3.8) is 0 Å². The summed E-state index contributed by atoms with van der Waals surface area (Å²) in [6.45, 7) is 0. The van der Waals surface area contributed by atoms with Gasteiger partial charge in [-0.05, 0) is 0 Å². The summed E-state index contributed by atoms with van der Waals surface area (Å²) in [4.78, 5) is 4.10. The van der Waals surface area contributed by atoms with Crippen molar-refractivity contribution in [2.45, 2.75) is 0 Å². The van der Waals surface area contributed by atoms with E-state index in [-0.39, 0.29) is 0 Å². The van der Waals surface area contributed by atoms with Gasteiger partial charge in [-0.15, -0.1) is 4.33 Å². The van der Waals surface area contributed by atoms with Gasteiger partial charge < -0.3 is 4.89 Å². The quantitative estimate of drug-likeness (QED) is 0.324. The van der Waals surface area contributed by atoms with E-state index in [2.05, 4.69) is 15.5 Å². The highest BCUT2D eigenvalue weighted by Gasteiger charge is 1.88. The molecule has 0 atom stereocenters. The second-order valence-corrected chi connectivity index (χ2v) is 1.05. The van der Waals surface area contributed by atoms with Crippen LogP contribution in [0, 0.1) is 6.26 Å². The fraction of sp³-hybridized carbons (Fsp3) is 0. The van der Waals surface area contributed by atoms with Crippen molar-refractivity contribution in [1.29, 1.82) is 0 Å². The Labute approximate surface area is 33.9 Å². The number of hydrogen-bond acceptors (Lipinski definition) is 3. The van der Waals surface area contributed by atoms with Crippen LogP contribution in [-0.2, 0) is 9.22 Å². The summed E-state index contributed by atoms with van der Waals surface area (Å²) in [5, 5.41) is 1.58. The fourth-order valence-electron chi connectivity index (χ4n) is 0.0982. The minimum Gasteiger partial charge on any atom is -0.320 e. The van der Waals surface area contributed by atoms with Crippen molar-refractivity contribution in [2.75, 3.05) is 0 Å². The van der Waals surface area contributed by atoms with Gasteiger partial charge in [-0.2, -0.15) is 0 Å². The van der Waals surface area contributed by atoms with Crippen LogP contribution in [-0.4, -0.2) is 0 Å². The molecule has 1 heterocycles. The zero-order valence-corrected chi connectivity index (χ0v) is 3.12. The first kappa shape index (κ1) is 3.06. The average Bonchev–Trinajstić information content (AvgIpc) is 1.76. The molecule has 27 valence electrons. The SMILES string of the molecule is [C]1=CSOO1. The fourth-order valence-corrected chi connectivity index (χ4v) is 0.295. The first-order valence-corrected chi connectivity index (χ1v) is 1.87. The molecule has 2 nitrogen and oxygen atoms in total. The van der Waals surface area contributed by atoms with Crippen molar-refractivity contribution in [3.8, 4) is 0 Å². The molecule has 0 N–H and O–H groups in total. The second kappa shape index (κ2) is 1.33. The van der Waals surface area contributed by atoms with Gasteiger partial charge in [-0.1, -0.05) is 0 Å². The predicted octanol–water partition coefficient (Wildman–Crippen LogP) is 0.871.